The topological polar surface area (TPSA) is 94.7 Å². The predicted molar refractivity (Wildman–Crippen MR) is 102 cm³/mol. The van der Waals surface area contributed by atoms with E-state index < -0.39 is 0 Å². The molecule has 0 saturated carbocycles. The molecule has 1 aromatic carbocycles. The van der Waals surface area contributed by atoms with Gasteiger partial charge in [0.05, 0.1) is 18.0 Å². The van der Waals surface area contributed by atoms with Crippen molar-refractivity contribution in [3.63, 3.8) is 0 Å². The standard InChI is InChI=1S/C18H22N8/c1-4-26-12-21-15-16(22-14-7-5-6-13(10-14)11-19)23-18(24-17(15)26)20-8-9-25(2)3/h5-7,10,12H,4,8-9H2,1-3H3,(H2,20,22,23,24). The second-order valence-electron chi connectivity index (χ2n) is 6.15. The maximum Gasteiger partial charge on any atom is 0.226 e. The smallest absolute Gasteiger partial charge is 0.226 e. The van der Waals surface area contributed by atoms with Crippen molar-refractivity contribution in [3.05, 3.63) is 36.2 Å². The molecule has 0 aliphatic heterocycles. The molecule has 0 fully saturated rings. The molecule has 0 unspecified atom stereocenters. The summed E-state index contributed by atoms with van der Waals surface area (Å²) in [5.41, 5.74) is 2.85. The number of aryl methyl sites for hydroxylation is 1. The average Bonchev–Trinajstić information content (AvgIpc) is 3.05. The minimum atomic E-state index is 0.550. The fourth-order valence-electron chi connectivity index (χ4n) is 2.54. The molecule has 0 spiro atoms. The molecule has 3 aromatic rings. The summed E-state index contributed by atoms with van der Waals surface area (Å²) >= 11 is 0. The fourth-order valence-corrected chi connectivity index (χ4v) is 2.54. The van der Waals surface area contributed by atoms with E-state index in [2.05, 4.69) is 36.6 Å². The Labute approximate surface area is 152 Å². The Morgan fingerprint density at radius 2 is 2.12 bits per heavy atom. The third kappa shape index (κ3) is 3.90. The minimum Gasteiger partial charge on any atom is -0.353 e. The Morgan fingerprint density at radius 1 is 1.27 bits per heavy atom. The molecule has 0 radical (unpaired) electrons. The van der Waals surface area contributed by atoms with E-state index >= 15 is 0 Å². The van der Waals surface area contributed by atoms with Crippen molar-refractivity contribution < 1.29 is 0 Å². The van der Waals surface area contributed by atoms with Gasteiger partial charge in [-0.25, -0.2) is 4.98 Å². The number of nitriles is 1. The van der Waals surface area contributed by atoms with Crippen molar-refractivity contribution in [1.82, 2.24) is 24.4 Å². The number of anilines is 3. The summed E-state index contributed by atoms with van der Waals surface area (Å²) in [4.78, 5) is 15.7. The highest BCUT2D eigenvalue weighted by Gasteiger charge is 2.13. The summed E-state index contributed by atoms with van der Waals surface area (Å²) in [5.74, 6) is 1.16. The number of likely N-dealkylation sites (N-methyl/N-ethyl adjacent to an activating group) is 1. The highest BCUT2D eigenvalue weighted by Crippen LogP contribution is 2.24. The zero-order chi connectivity index (χ0) is 18.5. The van der Waals surface area contributed by atoms with E-state index in [1.165, 1.54) is 0 Å². The lowest BCUT2D eigenvalue weighted by Crippen LogP contribution is -2.21. The molecule has 2 N–H and O–H groups in total. The maximum absolute atomic E-state index is 9.09. The second-order valence-corrected chi connectivity index (χ2v) is 6.15. The molecule has 0 saturated heterocycles. The molecule has 2 heterocycles. The average molecular weight is 350 g/mol. The van der Waals surface area contributed by atoms with Crippen LogP contribution in [0.2, 0.25) is 0 Å². The van der Waals surface area contributed by atoms with Gasteiger partial charge in [-0.2, -0.15) is 15.2 Å². The molecule has 8 heteroatoms. The van der Waals surface area contributed by atoms with Crippen LogP contribution < -0.4 is 10.6 Å². The summed E-state index contributed by atoms with van der Waals surface area (Å²) in [7, 11) is 4.04. The van der Waals surface area contributed by atoms with Crippen LogP contribution in [0.15, 0.2) is 30.6 Å². The zero-order valence-electron chi connectivity index (χ0n) is 15.2. The number of aromatic nitrogens is 4. The summed E-state index contributed by atoms with van der Waals surface area (Å²) in [6.45, 7) is 4.43. The van der Waals surface area contributed by atoms with Crippen molar-refractivity contribution >= 4 is 28.6 Å². The molecule has 2 aromatic heterocycles. The Kier molecular flexibility index (Phi) is 5.29. The van der Waals surface area contributed by atoms with Gasteiger partial charge in [0.1, 0.15) is 0 Å². The van der Waals surface area contributed by atoms with E-state index in [-0.39, 0.29) is 0 Å². The molecule has 8 nitrogen and oxygen atoms in total. The van der Waals surface area contributed by atoms with Crippen LogP contribution in [0, 0.1) is 11.3 Å². The first-order valence-electron chi connectivity index (χ1n) is 8.49. The molecule has 134 valence electrons. The van der Waals surface area contributed by atoms with Crippen LogP contribution in [0.25, 0.3) is 11.2 Å². The summed E-state index contributed by atoms with van der Waals surface area (Å²) in [5, 5.41) is 15.6. The van der Waals surface area contributed by atoms with Crippen molar-refractivity contribution in [1.29, 1.82) is 5.26 Å². The number of hydrogen-bond acceptors (Lipinski definition) is 7. The van der Waals surface area contributed by atoms with Gasteiger partial charge in [-0.15, -0.1) is 0 Å². The zero-order valence-corrected chi connectivity index (χ0v) is 15.2. The Hall–Kier alpha value is -3.18. The van der Waals surface area contributed by atoms with Crippen molar-refractivity contribution in [2.45, 2.75) is 13.5 Å². The van der Waals surface area contributed by atoms with Crippen LogP contribution in [0.1, 0.15) is 12.5 Å². The van der Waals surface area contributed by atoms with Crippen LogP contribution in [-0.4, -0.2) is 51.6 Å². The van der Waals surface area contributed by atoms with Gasteiger partial charge in [-0.05, 0) is 39.2 Å². The lowest BCUT2D eigenvalue weighted by Gasteiger charge is -2.12. The highest BCUT2D eigenvalue weighted by molar-refractivity contribution is 5.86. The largest absolute Gasteiger partial charge is 0.353 e. The van der Waals surface area contributed by atoms with Crippen LogP contribution in [0.4, 0.5) is 17.5 Å². The Morgan fingerprint density at radius 3 is 2.85 bits per heavy atom. The normalized spacial score (nSPS) is 10.9. The third-order valence-corrected chi connectivity index (χ3v) is 3.90. The Bertz CT molecular complexity index is 938. The number of hydrogen-bond donors (Lipinski definition) is 2. The van der Waals surface area contributed by atoms with E-state index in [0.717, 1.165) is 31.0 Å². The molecule has 0 atom stereocenters. The van der Waals surface area contributed by atoms with Crippen LogP contribution in [-0.2, 0) is 6.54 Å². The van der Waals surface area contributed by atoms with Crippen LogP contribution >= 0.6 is 0 Å². The predicted octanol–water partition coefficient (Wildman–Crippen LogP) is 2.43. The molecule has 26 heavy (non-hydrogen) atoms. The minimum absolute atomic E-state index is 0.550. The van der Waals surface area contributed by atoms with Crippen LogP contribution in [0.5, 0.6) is 0 Å². The first-order chi connectivity index (χ1) is 12.6. The molecule has 0 amide bonds. The lowest BCUT2D eigenvalue weighted by molar-refractivity contribution is 0.425. The molecule has 0 aliphatic rings. The van der Waals surface area contributed by atoms with Gasteiger partial charge in [0.2, 0.25) is 5.95 Å². The van der Waals surface area contributed by atoms with E-state index in [1.54, 1.807) is 18.5 Å². The summed E-state index contributed by atoms with van der Waals surface area (Å²) < 4.78 is 1.98. The first kappa shape index (κ1) is 17.6. The highest BCUT2D eigenvalue weighted by atomic mass is 15.2. The van der Waals surface area contributed by atoms with E-state index in [9.17, 15) is 0 Å². The van der Waals surface area contributed by atoms with Gasteiger partial charge < -0.3 is 20.1 Å². The van der Waals surface area contributed by atoms with E-state index in [4.69, 9.17) is 5.26 Å². The van der Waals surface area contributed by atoms with Gasteiger partial charge in [0.15, 0.2) is 17.0 Å². The number of nitrogens with one attached hydrogen (secondary N) is 2. The molecular weight excluding hydrogens is 328 g/mol. The second kappa shape index (κ2) is 7.80. The molecule has 3 rings (SSSR count). The monoisotopic (exact) mass is 350 g/mol. The first-order valence-corrected chi connectivity index (χ1v) is 8.49. The number of fused-ring (bicyclic) bond motifs is 1. The number of imidazole rings is 1. The molecule has 0 aliphatic carbocycles. The number of nitrogens with zero attached hydrogens (tertiary/aromatic N) is 6. The van der Waals surface area contributed by atoms with Gasteiger partial charge in [-0.3, -0.25) is 0 Å². The third-order valence-electron chi connectivity index (χ3n) is 3.90. The van der Waals surface area contributed by atoms with Gasteiger partial charge in [0, 0.05) is 25.3 Å². The van der Waals surface area contributed by atoms with Gasteiger partial charge >= 0.3 is 0 Å². The summed E-state index contributed by atoms with van der Waals surface area (Å²) in [6, 6.07) is 9.42. The fraction of sp³-hybridized carbons (Fsp3) is 0.333. The number of rotatable bonds is 7. The van der Waals surface area contributed by atoms with E-state index in [1.807, 2.05) is 37.7 Å². The van der Waals surface area contributed by atoms with Crippen LogP contribution in [0.3, 0.4) is 0 Å². The Balaban J connectivity index is 1.96. The quantitative estimate of drug-likeness (QED) is 0.676. The molecule has 0 bridgehead atoms. The maximum atomic E-state index is 9.09. The van der Waals surface area contributed by atoms with Crippen molar-refractivity contribution in [2.75, 3.05) is 37.8 Å². The van der Waals surface area contributed by atoms with Gasteiger partial charge in [0.25, 0.3) is 0 Å². The SMILES string of the molecule is CCn1cnc2c(Nc3cccc(C#N)c3)nc(NCCN(C)C)nc21. The van der Waals surface area contributed by atoms with Gasteiger partial charge in [-0.1, -0.05) is 6.07 Å². The summed E-state index contributed by atoms with van der Waals surface area (Å²) in [6.07, 6.45) is 1.76. The lowest BCUT2D eigenvalue weighted by atomic mass is 10.2. The van der Waals surface area contributed by atoms with E-state index in [0.29, 0.717) is 22.8 Å². The molecular formula is C18H22N8. The van der Waals surface area contributed by atoms with Crippen molar-refractivity contribution in [2.24, 2.45) is 0 Å². The van der Waals surface area contributed by atoms with Crippen molar-refractivity contribution in [3.8, 4) is 6.07 Å². The number of benzene rings is 1.